The predicted octanol–water partition coefficient (Wildman–Crippen LogP) is 0.547. The molecular weight excluding hydrogens is 233 g/mol. The molecule has 1 heterocycles. The molecular formula is C4H5F3O6S. The van der Waals surface area contributed by atoms with Crippen LogP contribution in [0.1, 0.15) is 0 Å². The molecule has 0 atom stereocenters. The Bertz CT molecular complexity index is 285. The van der Waals surface area contributed by atoms with E-state index in [4.69, 9.17) is 13.0 Å². The van der Waals surface area contributed by atoms with Crippen molar-refractivity contribution in [2.45, 2.75) is 5.51 Å². The first-order valence-electron chi connectivity index (χ1n) is 2.98. The number of ether oxygens (including phenoxy) is 2. The molecule has 0 aromatic carbocycles. The Labute approximate surface area is 76.3 Å². The van der Waals surface area contributed by atoms with Crippen molar-refractivity contribution >= 4 is 16.3 Å². The van der Waals surface area contributed by atoms with Crippen LogP contribution >= 0.6 is 0 Å². The van der Waals surface area contributed by atoms with Crippen molar-refractivity contribution in [3.8, 4) is 0 Å². The number of alkyl halides is 3. The lowest BCUT2D eigenvalue weighted by Crippen LogP contribution is -2.21. The number of carbonyl (C=O) groups is 1. The first-order chi connectivity index (χ1) is 6.14. The second-order valence-corrected chi connectivity index (χ2v) is 3.28. The van der Waals surface area contributed by atoms with Gasteiger partial charge in [0.15, 0.2) is 0 Å². The van der Waals surface area contributed by atoms with Crippen molar-refractivity contribution in [2.24, 2.45) is 0 Å². The molecule has 0 unspecified atom stereocenters. The molecule has 0 aromatic rings. The zero-order valence-corrected chi connectivity index (χ0v) is 7.26. The lowest BCUT2D eigenvalue weighted by Gasteiger charge is -1.97. The Kier molecular flexibility index (Phi) is 4.13. The van der Waals surface area contributed by atoms with Crippen molar-refractivity contribution in [2.75, 3.05) is 13.2 Å². The highest BCUT2D eigenvalue weighted by molar-refractivity contribution is 7.86. The van der Waals surface area contributed by atoms with Crippen molar-refractivity contribution in [3.63, 3.8) is 0 Å². The molecule has 14 heavy (non-hydrogen) atoms. The van der Waals surface area contributed by atoms with Crippen LogP contribution in [0.4, 0.5) is 18.0 Å². The number of halogens is 3. The molecule has 0 amide bonds. The van der Waals surface area contributed by atoms with Gasteiger partial charge in [0.2, 0.25) is 0 Å². The zero-order valence-electron chi connectivity index (χ0n) is 6.44. The minimum atomic E-state index is -5.84. The maximum atomic E-state index is 10.7. The summed E-state index contributed by atoms with van der Waals surface area (Å²) in [5, 5.41) is 0. The summed E-state index contributed by atoms with van der Waals surface area (Å²) >= 11 is 0. The fourth-order valence-electron chi connectivity index (χ4n) is 0.292. The Morgan fingerprint density at radius 2 is 1.50 bits per heavy atom. The fourth-order valence-corrected chi connectivity index (χ4v) is 0.292. The van der Waals surface area contributed by atoms with Crippen LogP contribution in [0.2, 0.25) is 0 Å². The summed E-state index contributed by atoms with van der Waals surface area (Å²) < 4.78 is 66.1. The van der Waals surface area contributed by atoms with Crippen LogP contribution in [0.15, 0.2) is 0 Å². The fraction of sp³-hybridized carbons (Fsp3) is 0.750. The predicted molar refractivity (Wildman–Crippen MR) is 34.9 cm³/mol. The van der Waals surface area contributed by atoms with Gasteiger partial charge in [-0.25, -0.2) is 4.79 Å². The van der Waals surface area contributed by atoms with Crippen LogP contribution in [0, 0.1) is 0 Å². The van der Waals surface area contributed by atoms with E-state index in [0.717, 1.165) is 0 Å². The highest BCUT2D eigenvalue weighted by Crippen LogP contribution is 2.20. The van der Waals surface area contributed by atoms with Crippen molar-refractivity contribution in [1.82, 2.24) is 0 Å². The van der Waals surface area contributed by atoms with E-state index in [1.165, 1.54) is 0 Å². The molecule has 84 valence electrons. The Morgan fingerprint density at radius 1 is 1.21 bits per heavy atom. The van der Waals surface area contributed by atoms with E-state index in [0.29, 0.717) is 13.2 Å². The van der Waals surface area contributed by atoms with E-state index in [9.17, 15) is 18.0 Å². The first-order valence-corrected chi connectivity index (χ1v) is 4.42. The summed E-state index contributed by atoms with van der Waals surface area (Å²) in [5.74, 6) is 0. The highest BCUT2D eigenvalue weighted by atomic mass is 32.2. The van der Waals surface area contributed by atoms with Gasteiger partial charge in [0.05, 0.1) is 0 Å². The lowest BCUT2D eigenvalue weighted by atomic mass is 10.8. The quantitative estimate of drug-likeness (QED) is 0.376. The maximum absolute atomic E-state index is 10.7. The summed E-state index contributed by atoms with van der Waals surface area (Å²) in [7, 11) is -5.84. The monoisotopic (exact) mass is 238 g/mol. The van der Waals surface area contributed by atoms with Crippen LogP contribution in [0.5, 0.6) is 0 Å². The van der Waals surface area contributed by atoms with Gasteiger partial charge in [-0.2, -0.15) is 21.6 Å². The molecule has 0 spiro atoms. The number of rotatable bonds is 0. The highest BCUT2D eigenvalue weighted by Gasteiger charge is 2.44. The van der Waals surface area contributed by atoms with Crippen molar-refractivity contribution < 1.29 is 40.4 Å². The molecule has 1 N–H and O–H groups in total. The van der Waals surface area contributed by atoms with Crippen molar-refractivity contribution in [1.29, 1.82) is 0 Å². The number of cyclic esters (lactones) is 2. The van der Waals surface area contributed by atoms with Gasteiger partial charge < -0.3 is 9.47 Å². The van der Waals surface area contributed by atoms with Gasteiger partial charge in [-0.3, -0.25) is 4.55 Å². The third kappa shape index (κ3) is 4.87. The van der Waals surface area contributed by atoms with Gasteiger partial charge in [-0.15, -0.1) is 0 Å². The summed E-state index contributed by atoms with van der Waals surface area (Å²) in [6, 6.07) is 0. The van der Waals surface area contributed by atoms with E-state index in [1.54, 1.807) is 0 Å². The third-order valence-electron chi connectivity index (χ3n) is 0.816. The topological polar surface area (TPSA) is 89.9 Å². The first kappa shape index (κ1) is 13.0. The van der Waals surface area contributed by atoms with Gasteiger partial charge >= 0.3 is 21.8 Å². The average molecular weight is 238 g/mol. The molecule has 10 heteroatoms. The zero-order chi connectivity index (χ0) is 11.4. The molecule has 0 aromatic heterocycles. The number of carbonyl (C=O) groups excluding carboxylic acids is 1. The summed E-state index contributed by atoms with van der Waals surface area (Å²) in [6.45, 7) is 0.831. The van der Waals surface area contributed by atoms with Gasteiger partial charge in [-0.1, -0.05) is 0 Å². The molecule has 1 saturated heterocycles. The molecule has 1 aliphatic heterocycles. The Morgan fingerprint density at radius 3 is 1.57 bits per heavy atom. The van der Waals surface area contributed by atoms with E-state index >= 15 is 0 Å². The Hall–Kier alpha value is -1.03. The van der Waals surface area contributed by atoms with Crippen LogP contribution in [0.3, 0.4) is 0 Å². The largest absolute Gasteiger partial charge is 0.522 e. The average Bonchev–Trinajstić information content (AvgIpc) is 2.35. The van der Waals surface area contributed by atoms with Crippen LogP contribution < -0.4 is 0 Å². The van der Waals surface area contributed by atoms with Crippen LogP contribution in [0.25, 0.3) is 0 Å². The second-order valence-electron chi connectivity index (χ2n) is 1.87. The molecule has 6 nitrogen and oxygen atoms in total. The summed E-state index contributed by atoms with van der Waals surface area (Å²) in [5.41, 5.74) is -5.53. The summed E-state index contributed by atoms with van der Waals surface area (Å²) in [4.78, 5) is 9.80. The molecule has 0 saturated carbocycles. The number of hydrogen-bond acceptors (Lipinski definition) is 5. The van der Waals surface area contributed by atoms with E-state index < -0.39 is 21.8 Å². The minimum Gasteiger partial charge on any atom is -0.431 e. The van der Waals surface area contributed by atoms with Crippen LogP contribution in [-0.2, 0) is 19.6 Å². The minimum absolute atomic E-state index is 0.416. The molecule has 1 fully saturated rings. The van der Waals surface area contributed by atoms with Gasteiger partial charge in [0, 0.05) is 0 Å². The Balaban J connectivity index is 0.000000249. The van der Waals surface area contributed by atoms with Gasteiger partial charge in [-0.05, 0) is 0 Å². The summed E-state index contributed by atoms with van der Waals surface area (Å²) in [6.07, 6.45) is -0.546. The third-order valence-corrected chi connectivity index (χ3v) is 1.40. The molecule has 1 aliphatic rings. The molecule has 0 bridgehead atoms. The van der Waals surface area contributed by atoms with Gasteiger partial charge in [0.25, 0.3) is 0 Å². The van der Waals surface area contributed by atoms with E-state index in [-0.39, 0.29) is 0 Å². The smallest absolute Gasteiger partial charge is 0.431 e. The SMILES string of the molecule is O=C1OCCO1.O=S(=O)(O)C(F)(F)F. The van der Waals surface area contributed by atoms with Crippen LogP contribution in [-0.4, -0.2) is 37.8 Å². The molecule has 0 aliphatic carbocycles. The molecule has 0 radical (unpaired) electrons. The van der Waals surface area contributed by atoms with Crippen molar-refractivity contribution in [3.05, 3.63) is 0 Å². The number of hydrogen-bond donors (Lipinski definition) is 1. The maximum Gasteiger partial charge on any atom is 0.522 e. The second kappa shape index (κ2) is 4.46. The van der Waals surface area contributed by atoms with E-state index in [1.807, 2.05) is 0 Å². The normalized spacial score (nSPS) is 16.4. The lowest BCUT2D eigenvalue weighted by molar-refractivity contribution is -0.0510. The molecule has 1 rings (SSSR count). The standard InChI is InChI=1S/C3H4O3.CHF3O3S/c4-3-5-1-2-6-3;2-1(3,4)8(5,6)7/h1-2H2;(H,5,6,7). The van der Waals surface area contributed by atoms with Gasteiger partial charge in [0.1, 0.15) is 13.2 Å². The van der Waals surface area contributed by atoms with E-state index in [2.05, 4.69) is 9.47 Å².